The normalized spacial score (nSPS) is 22.5. The highest BCUT2D eigenvalue weighted by atomic mass is 32.2. The van der Waals surface area contributed by atoms with Crippen LogP contribution in [-0.4, -0.2) is 68.3 Å². The fourth-order valence-corrected chi connectivity index (χ4v) is 8.28. The SMILES string of the molecule is Nc1nc(/C(=N/OC2CCCC2)C(=O)N[C@@H]2C(=O)N3C(C(=O)O)=C(SC4=CC=CN(c5ccccc5)C4)CS[C@@H]23)cs1. The van der Waals surface area contributed by atoms with Crippen LogP contribution in [0.15, 0.2) is 74.7 Å². The van der Waals surface area contributed by atoms with Crippen molar-refractivity contribution in [2.75, 3.05) is 22.9 Å². The summed E-state index contributed by atoms with van der Waals surface area (Å²) in [6.45, 7) is 0.578. The molecule has 1 saturated heterocycles. The van der Waals surface area contributed by atoms with Gasteiger partial charge in [0.05, 0.1) is 6.54 Å². The lowest BCUT2D eigenvalue weighted by Crippen LogP contribution is -2.71. The van der Waals surface area contributed by atoms with Gasteiger partial charge >= 0.3 is 5.97 Å². The third-order valence-corrected chi connectivity index (χ3v) is 10.5. The van der Waals surface area contributed by atoms with Crippen LogP contribution in [0.5, 0.6) is 0 Å². The monoisotopic (exact) mass is 624 g/mol. The lowest BCUT2D eigenvalue weighted by Gasteiger charge is -2.49. The first-order valence-electron chi connectivity index (χ1n) is 13.4. The zero-order valence-electron chi connectivity index (χ0n) is 22.3. The van der Waals surface area contributed by atoms with Gasteiger partial charge in [0.2, 0.25) is 0 Å². The van der Waals surface area contributed by atoms with Crippen LogP contribution in [0.1, 0.15) is 31.4 Å². The molecule has 4 heterocycles. The number of carbonyl (C=O) groups is 3. The number of thioether (sulfide) groups is 2. The van der Waals surface area contributed by atoms with Crippen molar-refractivity contribution in [3.63, 3.8) is 0 Å². The van der Waals surface area contributed by atoms with Crippen LogP contribution in [0.2, 0.25) is 0 Å². The Morgan fingerprint density at radius 2 is 2.00 bits per heavy atom. The van der Waals surface area contributed by atoms with Gasteiger partial charge in [0.15, 0.2) is 10.8 Å². The number of amides is 2. The number of carbonyl (C=O) groups excluding carboxylic acids is 2. The fourth-order valence-electron chi connectivity index (χ4n) is 5.15. The van der Waals surface area contributed by atoms with Crippen molar-refractivity contribution in [2.24, 2.45) is 5.16 Å². The molecule has 2 fully saturated rings. The summed E-state index contributed by atoms with van der Waals surface area (Å²) >= 11 is 3.95. The van der Waals surface area contributed by atoms with Gasteiger partial charge in [-0.3, -0.25) is 14.5 Å². The van der Waals surface area contributed by atoms with E-state index in [0.29, 0.717) is 17.2 Å². The number of anilines is 2. The number of aliphatic carboxylic acids is 1. The number of oxime groups is 1. The van der Waals surface area contributed by atoms with E-state index in [1.54, 1.807) is 5.38 Å². The van der Waals surface area contributed by atoms with Crippen molar-refractivity contribution >= 4 is 69.2 Å². The fraction of sp³-hybridized carbons (Fsp3) is 0.321. The third kappa shape index (κ3) is 5.78. The number of β-lactam (4-membered cyclic amide) rings is 1. The minimum atomic E-state index is -1.18. The largest absolute Gasteiger partial charge is 0.477 e. The molecular weight excluding hydrogens is 597 g/mol. The number of fused-ring (bicyclic) bond motifs is 1. The summed E-state index contributed by atoms with van der Waals surface area (Å²) in [5.74, 6) is -1.92. The molecule has 0 radical (unpaired) electrons. The summed E-state index contributed by atoms with van der Waals surface area (Å²) in [6, 6.07) is 8.98. The summed E-state index contributed by atoms with van der Waals surface area (Å²) in [6.07, 6.45) is 9.56. The van der Waals surface area contributed by atoms with Gasteiger partial charge in [-0.1, -0.05) is 35.1 Å². The number of aromatic nitrogens is 1. The number of nitrogens with two attached hydrogens (primary N) is 1. The summed E-state index contributed by atoms with van der Waals surface area (Å²) < 4.78 is 0. The highest BCUT2D eigenvalue weighted by Crippen LogP contribution is 2.45. The number of nitrogens with one attached hydrogen (secondary N) is 1. The minimum Gasteiger partial charge on any atom is -0.477 e. The predicted octanol–water partition coefficient (Wildman–Crippen LogP) is 3.74. The number of nitrogen functional groups attached to an aromatic ring is 1. The summed E-state index contributed by atoms with van der Waals surface area (Å²) in [7, 11) is 0. The molecular formula is C28H28N6O5S3. The van der Waals surface area contributed by atoms with Gasteiger partial charge in [-0.2, -0.15) is 0 Å². The van der Waals surface area contributed by atoms with Crippen molar-refractivity contribution in [1.29, 1.82) is 0 Å². The summed E-state index contributed by atoms with van der Waals surface area (Å²) in [5.41, 5.74) is 6.96. The van der Waals surface area contributed by atoms with Gasteiger partial charge in [0.1, 0.15) is 28.9 Å². The number of allylic oxidation sites excluding steroid dienone is 2. The van der Waals surface area contributed by atoms with E-state index in [2.05, 4.69) is 20.4 Å². The first-order valence-corrected chi connectivity index (χ1v) is 16.2. The highest BCUT2D eigenvalue weighted by molar-refractivity contribution is 8.09. The van der Waals surface area contributed by atoms with Gasteiger partial charge in [0, 0.05) is 32.8 Å². The van der Waals surface area contributed by atoms with Crippen LogP contribution in [0.25, 0.3) is 0 Å². The first-order chi connectivity index (χ1) is 20.4. The van der Waals surface area contributed by atoms with Gasteiger partial charge in [-0.25, -0.2) is 9.78 Å². The number of carboxylic acids is 1. The molecule has 0 spiro atoms. The number of rotatable bonds is 9. The van der Waals surface area contributed by atoms with E-state index in [4.69, 9.17) is 10.6 Å². The van der Waals surface area contributed by atoms with Crippen molar-refractivity contribution in [1.82, 2.24) is 15.2 Å². The maximum atomic E-state index is 13.3. The third-order valence-electron chi connectivity index (χ3n) is 7.21. The molecule has 2 amide bonds. The molecule has 0 bridgehead atoms. The van der Waals surface area contributed by atoms with Crippen molar-refractivity contribution in [3.8, 4) is 0 Å². The smallest absolute Gasteiger partial charge is 0.353 e. The van der Waals surface area contributed by atoms with Gasteiger partial charge < -0.3 is 25.9 Å². The van der Waals surface area contributed by atoms with E-state index in [0.717, 1.165) is 36.3 Å². The Morgan fingerprint density at radius 1 is 1.21 bits per heavy atom. The van der Waals surface area contributed by atoms with Crippen LogP contribution < -0.4 is 16.0 Å². The van der Waals surface area contributed by atoms with Gasteiger partial charge in [-0.15, -0.1) is 23.1 Å². The zero-order chi connectivity index (χ0) is 29.2. The lowest BCUT2D eigenvalue weighted by molar-refractivity contribution is -0.150. The molecule has 4 aliphatic rings. The Kier molecular flexibility index (Phi) is 8.27. The number of carboxylic acid groups (broad SMARTS) is 1. The number of thiazole rings is 1. The molecule has 2 aromatic rings. The Labute approximate surface area is 254 Å². The van der Waals surface area contributed by atoms with Crippen molar-refractivity contribution in [3.05, 3.63) is 75.3 Å². The second-order valence-corrected chi connectivity index (χ2v) is 13.2. The second-order valence-electron chi connectivity index (χ2n) is 10.0. The van der Waals surface area contributed by atoms with Crippen LogP contribution >= 0.6 is 34.9 Å². The van der Waals surface area contributed by atoms with Crippen LogP contribution in [-0.2, 0) is 19.2 Å². The number of hydrogen-bond acceptors (Lipinski definition) is 11. The van der Waals surface area contributed by atoms with Crippen molar-refractivity contribution in [2.45, 2.75) is 43.2 Å². The number of para-hydroxylation sites is 1. The standard InChI is InChI=1S/C28H28N6O5S3/c29-28-30-19(14-41-28)21(32-39-17-9-4-5-10-17)24(35)31-22-25(36)34-23(27(37)38)20(15-40-26(22)34)42-18-11-6-12-33(13-18)16-7-2-1-3-8-16/h1-3,6-8,11-12,14,17,22,26H,4-5,9-10,13,15H2,(H2,29,30)(H,31,35)(H,37,38)/b32-21-/t22-,26+/m1/s1. The predicted molar refractivity (Wildman–Crippen MR) is 165 cm³/mol. The van der Waals surface area contributed by atoms with Crippen molar-refractivity contribution < 1.29 is 24.3 Å². The number of hydrogen-bond donors (Lipinski definition) is 3. The average Bonchev–Trinajstić information content (AvgIpc) is 3.68. The first kappa shape index (κ1) is 28.4. The van der Waals surface area contributed by atoms with Crippen LogP contribution in [0.4, 0.5) is 10.8 Å². The van der Waals surface area contributed by atoms with Crippen LogP contribution in [0.3, 0.4) is 0 Å². The maximum absolute atomic E-state index is 13.3. The number of nitrogens with zero attached hydrogens (tertiary/aromatic N) is 4. The molecule has 1 saturated carbocycles. The van der Waals surface area contributed by atoms with E-state index >= 15 is 0 Å². The maximum Gasteiger partial charge on any atom is 0.353 e. The van der Waals surface area contributed by atoms with E-state index in [1.165, 1.54) is 39.8 Å². The zero-order valence-corrected chi connectivity index (χ0v) is 24.8. The molecule has 2 atom stereocenters. The Balaban J connectivity index is 1.16. The molecule has 0 unspecified atom stereocenters. The minimum absolute atomic E-state index is 0.0494. The average molecular weight is 625 g/mol. The molecule has 14 heteroatoms. The topological polar surface area (TPSA) is 150 Å². The Hall–Kier alpha value is -3.75. The van der Waals surface area contributed by atoms with Gasteiger partial charge in [-0.05, 0) is 50.0 Å². The molecule has 6 rings (SSSR count). The molecule has 218 valence electrons. The molecule has 1 aliphatic carbocycles. The highest BCUT2D eigenvalue weighted by Gasteiger charge is 2.54. The van der Waals surface area contributed by atoms with E-state index in [9.17, 15) is 19.5 Å². The molecule has 4 N–H and O–H groups in total. The molecule has 42 heavy (non-hydrogen) atoms. The van der Waals surface area contributed by atoms with Crippen LogP contribution in [0, 0.1) is 0 Å². The molecule has 1 aromatic carbocycles. The lowest BCUT2D eigenvalue weighted by atomic mass is 10.0. The van der Waals surface area contributed by atoms with E-state index in [-0.39, 0.29) is 28.3 Å². The Bertz CT molecular complexity index is 1510. The summed E-state index contributed by atoms with van der Waals surface area (Å²) in [5, 5.41) is 18.3. The number of benzene rings is 1. The molecule has 1 aromatic heterocycles. The van der Waals surface area contributed by atoms with E-state index in [1.807, 2.05) is 48.7 Å². The van der Waals surface area contributed by atoms with Gasteiger partial charge in [0.25, 0.3) is 11.8 Å². The Morgan fingerprint density at radius 3 is 2.71 bits per heavy atom. The quantitative estimate of drug-likeness (QED) is 0.214. The molecule has 11 nitrogen and oxygen atoms in total. The summed E-state index contributed by atoms with van der Waals surface area (Å²) in [4.78, 5) is 53.7. The second kappa shape index (κ2) is 12.2. The van der Waals surface area contributed by atoms with E-state index < -0.39 is 29.2 Å². The molecule has 3 aliphatic heterocycles.